The zero-order valence-electron chi connectivity index (χ0n) is 19.9. The van der Waals surface area contributed by atoms with Gasteiger partial charge >= 0.3 is 0 Å². The maximum atomic E-state index is 13.3. The summed E-state index contributed by atoms with van der Waals surface area (Å²) in [5, 5.41) is 2.89. The molecule has 0 aliphatic heterocycles. The molecular formula is C24H32BrN3O4S. The van der Waals surface area contributed by atoms with Crippen molar-refractivity contribution in [3.63, 3.8) is 0 Å². The first-order valence-corrected chi connectivity index (χ1v) is 12.8. The maximum absolute atomic E-state index is 13.3. The fourth-order valence-corrected chi connectivity index (χ4v) is 4.71. The monoisotopic (exact) mass is 537 g/mol. The summed E-state index contributed by atoms with van der Waals surface area (Å²) >= 11 is 3.42. The van der Waals surface area contributed by atoms with Crippen LogP contribution in [0.3, 0.4) is 0 Å². The molecule has 0 heterocycles. The highest BCUT2D eigenvalue weighted by atomic mass is 79.9. The average Bonchev–Trinajstić information content (AvgIpc) is 2.70. The Morgan fingerprint density at radius 2 is 1.70 bits per heavy atom. The quantitative estimate of drug-likeness (QED) is 0.556. The molecule has 0 unspecified atom stereocenters. The number of nitrogens with zero attached hydrogens (tertiary/aromatic N) is 2. The predicted octanol–water partition coefficient (Wildman–Crippen LogP) is 3.71. The van der Waals surface area contributed by atoms with Gasteiger partial charge in [0.25, 0.3) is 0 Å². The summed E-state index contributed by atoms with van der Waals surface area (Å²) in [6, 6.07) is 13.1. The van der Waals surface area contributed by atoms with Crippen molar-refractivity contribution in [2.24, 2.45) is 0 Å². The van der Waals surface area contributed by atoms with Gasteiger partial charge in [-0.3, -0.25) is 9.59 Å². The van der Waals surface area contributed by atoms with Gasteiger partial charge in [0, 0.05) is 23.6 Å². The minimum atomic E-state index is -3.86. The Hall–Kier alpha value is -2.23. The van der Waals surface area contributed by atoms with E-state index in [1.165, 1.54) is 24.1 Å². The van der Waals surface area contributed by atoms with Crippen LogP contribution in [0.5, 0.6) is 0 Å². The zero-order chi connectivity index (χ0) is 25.0. The van der Waals surface area contributed by atoms with Crippen molar-refractivity contribution < 1.29 is 18.0 Å². The number of halogens is 1. The van der Waals surface area contributed by atoms with Crippen LogP contribution in [0.15, 0.2) is 57.9 Å². The lowest BCUT2D eigenvalue weighted by Gasteiger charge is -2.32. The molecule has 7 nitrogen and oxygen atoms in total. The van der Waals surface area contributed by atoms with Crippen LogP contribution in [-0.2, 0) is 26.2 Å². The number of likely N-dealkylation sites (N-methyl/N-ethyl adjacent to an activating group) is 1. The minimum Gasteiger partial charge on any atom is -0.350 e. The van der Waals surface area contributed by atoms with E-state index < -0.39 is 34.1 Å². The molecule has 1 N–H and O–H groups in total. The number of benzene rings is 2. The standard InChI is InChI=1S/C24H32BrN3O4S/c1-17-10-12-21(13-11-17)33(31,32)27(6)16-22(29)28(15-19-8-7-9-20(25)14-19)18(2)23(30)26-24(3,4)5/h7-14,18H,15-16H2,1-6H3,(H,26,30)/t18-/m0/s1. The Morgan fingerprint density at radius 1 is 1.09 bits per heavy atom. The molecule has 0 radical (unpaired) electrons. The number of hydrogen-bond acceptors (Lipinski definition) is 4. The van der Waals surface area contributed by atoms with Crippen LogP contribution in [0.25, 0.3) is 0 Å². The molecule has 0 aliphatic carbocycles. The molecule has 2 aromatic rings. The first-order chi connectivity index (χ1) is 15.2. The fraction of sp³-hybridized carbons (Fsp3) is 0.417. The van der Waals surface area contributed by atoms with E-state index in [1.807, 2.05) is 52.0 Å². The van der Waals surface area contributed by atoms with Crippen molar-refractivity contribution in [3.05, 3.63) is 64.1 Å². The number of sulfonamides is 1. The summed E-state index contributed by atoms with van der Waals surface area (Å²) in [5.74, 6) is -0.778. The SMILES string of the molecule is Cc1ccc(S(=O)(=O)N(C)CC(=O)N(Cc2cccc(Br)c2)[C@@H](C)C(=O)NC(C)(C)C)cc1. The highest BCUT2D eigenvalue weighted by molar-refractivity contribution is 9.10. The maximum Gasteiger partial charge on any atom is 0.243 e. The van der Waals surface area contributed by atoms with E-state index in [4.69, 9.17) is 0 Å². The number of carbonyl (C=O) groups is 2. The third-order valence-corrected chi connectivity index (χ3v) is 7.31. The molecule has 0 saturated carbocycles. The van der Waals surface area contributed by atoms with Crippen LogP contribution in [0.2, 0.25) is 0 Å². The molecular weight excluding hydrogens is 506 g/mol. The summed E-state index contributed by atoms with van der Waals surface area (Å²) < 4.78 is 27.8. The largest absolute Gasteiger partial charge is 0.350 e. The smallest absolute Gasteiger partial charge is 0.243 e. The van der Waals surface area contributed by atoms with Gasteiger partial charge in [0.2, 0.25) is 21.8 Å². The number of aryl methyl sites for hydroxylation is 1. The Kier molecular flexibility index (Phi) is 8.84. The first kappa shape index (κ1) is 27.0. The molecule has 1 atom stereocenters. The first-order valence-electron chi connectivity index (χ1n) is 10.6. The molecule has 0 fully saturated rings. The van der Waals surface area contributed by atoms with Crippen LogP contribution in [0.4, 0.5) is 0 Å². The number of hydrogen-bond donors (Lipinski definition) is 1. The highest BCUT2D eigenvalue weighted by Gasteiger charge is 2.31. The molecule has 0 spiro atoms. The van der Waals surface area contributed by atoms with Crippen LogP contribution < -0.4 is 5.32 Å². The van der Waals surface area contributed by atoms with Crippen LogP contribution in [-0.4, -0.2) is 54.6 Å². The average molecular weight is 539 g/mol. The zero-order valence-corrected chi connectivity index (χ0v) is 22.3. The summed E-state index contributed by atoms with van der Waals surface area (Å²) in [5.41, 5.74) is 1.28. The van der Waals surface area contributed by atoms with Crippen molar-refractivity contribution >= 4 is 37.8 Å². The summed E-state index contributed by atoms with van der Waals surface area (Å²) in [4.78, 5) is 27.7. The normalized spacial score (nSPS) is 13.0. The molecule has 0 aliphatic rings. The Balaban J connectivity index is 2.29. The molecule has 0 aromatic heterocycles. The Labute approximate surface area is 205 Å². The highest BCUT2D eigenvalue weighted by Crippen LogP contribution is 2.18. The second-order valence-corrected chi connectivity index (χ2v) is 12.1. The van der Waals surface area contributed by atoms with Crippen molar-refractivity contribution in [1.82, 2.24) is 14.5 Å². The third kappa shape index (κ3) is 7.65. The lowest BCUT2D eigenvalue weighted by Crippen LogP contribution is -2.54. The lowest BCUT2D eigenvalue weighted by molar-refractivity contribution is -0.141. The van der Waals surface area contributed by atoms with Crippen molar-refractivity contribution in [2.45, 2.75) is 57.6 Å². The summed E-state index contributed by atoms with van der Waals surface area (Å²) in [6.45, 7) is 8.87. The van der Waals surface area contributed by atoms with Gasteiger partial charge in [-0.2, -0.15) is 4.31 Å². The predicted molar refractivity (Wildman–Crippen MR) is 133 cm³/mol. The molecule has 180 valence electrons. The summed E-state index contributed by atoms with van der Waals surface area (Å²) in [7, 11) is -2.50. The summed E-state index contributed by atoms with van der Waals surface area (Å²) in [6.07, 6.45) is 0. The van der Waals surface area contributed by atoms with Crippen LogP contribution >= 0.6 is 15.9 Å². The fourth-order valence-electron chi connectivity index (χ4n) is 3.15. The third-order valence-electron chi connectivity index (χ3n) is 4.99. The Bertz CT molecular complexity index is 1100. The van der Waals surface area contributed by atoms with Crippen molar-refractivity contribution in [2.75, 3.05) is 13.6 Å². The van der Waals surface area contributed by atoms with E-state index in [-0.39, 0.29) is 17.3 Å². The number of amides is 2. The molecule has 9 heteroatoms. The van der Waals surface area contributed by atoms with Crippen molar-refractivity contribution in [3.8, 4) is 0 Å². The number of nitrogens with one attached hydrogen (secondary N) is 1. The van der Waals surface area contributed by atoms with Crippen LogP contribution in [0, 0.1) is 6.92 Å². The van der Waals surface area contributed by atoms with Gasteiger partial charge in [0.1, 0.15) is 6.04 Å². The lowest BCUT2D eigenvalue weighted by atomic mass is 10.1. The van der Waals surface area contributed by atoms with Gasteiger partial charge in [0.05, 0.1) is 11.4 Å². The van der Waals surface area contributed by atoms with Gasteiger partial charge in [0.15, 0.2) is 0 Å². The van der Waals surface area contributed by atoms with E-state index in [1.54, 1.807) is 19.1 Å². The van der Waals surface area contributed by atoms with E-state index >= 15 is 0 Å². The second kappa shape index (κ2) is 10.8. The van der Waals surface area contributed by atoms with Gasteiger partial charge in [-0.25, -0.2) is 8.42 Å². The molecule has 33 heavy (non-hydrogen) atoms. The molecule has 2 rings (SSSR count). The van der Waals surface area contributed by atoms with Gasteiger partial charge in [-0.1, -0.05) is 45.8 Å². The van der Waals surface area contributed by atoms with Gasteiger partial charge in [-0.05, 0) is 64.4 Å². The molecule has 0 bridgehead atoms. The Morgan fingerprint density at radius 3 is 2.24 bits per heavy atom. The van der Waals surface area contributed by atoms with E-state index in [0.29, 0.717) is 0 Å². The second-order valence-electron chi connectivity index (χ2n) is 9.14. The van der Waals surface area contributed by atoms with Gasteiger partial charge < -0.3 is 10.2 Å². The topological polar surface area (TPSA) is 86.8 Å². The van der Waals surface area contributed by atoms with Gasteiger partial charge in [-0.15, -0.1) is 0 Å². The van der Waals surface area contributed by atoms with Crippen LogP contribution in [0.1, 0.15) is 38.8 Å². The van der Waals surface area contributed by atoms with Crippen molar-refractivity contribution in [1.29, 1.82) is 0 Å². The molecule has 2 amide bonds. The minimum absolute atomic E-state index is 0.112. The molecule has 2 aromatic carbocycles. The number of carbonyl (C=O) groups excluding carboxylic acids is 2. The van der Waals surface area contributed by atoms with E-state index in [9.17, 15) is 18.0 Å². The van der Waals surface area contributed by atoms with E-state index in [0.717, 1.165) is 19.9 Å². The van der Waals surface area contributed by atoms with E-state index in [2.05, 4.69) is 21.2 Å². The molecule has 0 saturated heterocycles. The number of rotatable bonds is 8.